The van der Waals surface area contributed by atoms with E-state index in [9.17, 15) is 0 Å². The fourth-order valence-corrected chi connectivity index (χ4v) is 0.758. The van der Waals surface area contributed by atoms with E-state index in [0.29, 0.717) is 5.88 Å². The summed E-state index contributed by atoms with van der Waals surface area (Å²) in [7, 11) is 5.56. The molecule has 0 amide bonds. The average molecular weight is 182 g/mol. The number of pyridine rings is 1. The van der Waals surface area contributed by atoms with Crippen molar-refractivity contribution >= 4 is 5.69 Å². The quantitative estimate of drug-likeness (QED) is 0.701. The second-order valence-electron chi connectivity index (χ2n) is 2.45. The molecule has 0 atom stereocenters. The smallest absolute Gasteiger partial charge is 0.213 e. The molecule has 74 valence electrons. The molecule has 0 bridgehead atoms. The Morgan fingerprint density at radius 1 is 1.23 bits per heavy atom. The highest BCUT2D eigenvalue weighted by Gasteiger charge is 1.95. The Hall–Kier alpha value is -1.25. The molecule has 0 aliphatic heterocycles. The highest BCUT2D eigenvalue weighted by molar-refractivity contribution is 5.43. The number of hydrogen-bond acceptors (Lipinski definition) is 3. The molecule has 3 heteroatoms. The molecule has 0 spiro atoms. The minimum absolute atomic E-state index is 0.649. The number of anilines is 1. The van der Waals surface area contributed by atoms with Crippen LogP contribution in [0.25, 0.3) is 0 Å². The van der Waals surface area contributed by atoms with Crippen LogP contribution in [-0.4, -0.2) is 26.2 Å². The van der Waals surface area contributed by atoms with Gasteiger partial charge >= 0.3 is 0 Å². The van der Waals surface area contributed by atoms with Crippen molar-refractivity contribution in [2.75, 3.05) is 26.1 Å². The molecular weight excluding hydrogens is 164 g/mol. The number of ether oxygens (including phenoxy) is 1. The van der Waals surface area contributed by atoms with E-state index < -0.39 is 0 Å². The number of aromatic nitrogens is 1. The van der Waals surface area contributed by atoms with Crippen LogP contribution in [0.15, 0.2) is 18.3 Å². The summed E-state index contributed by atoms with van der Waals surface area (Å²) in [6, 6.07) is 3.81. The Morgan fingerprint density at radius 2 is 1.85 bits per heavy atom. The van der Waals surface area contributed by atoms with Crippen LogP contribution >= 0.6 is 0 Å². The highest BCUT2D eigenvalue weighted by atomic mass is 16.5. The molecule has 1 aromatic rings. The molecule has 0 aliphatic rings. The van der Waals surface area contributed by atoms with Gasteiger partial charge in [-0.25, -0.2) is 4.98 Å². The molecular formula is C10H18N2O. The van der Waals surface area contributed by atoms with Crippen LogP contribution < -0.4 is 9.64 Å². The van der Waals surface area contributed by atoms with Gasteiger partial charge in [0.15, 0.2) is 0 Å². The standard InChI is InChI=1S/C8H12N2O.C2H6/c1-10(2)7-4-5-8(11-3)9-6-7;1-2/h4-6H,1-3H3;1-2H3. The minimum Gasteiger partial charge on any atom is -0.481 e. The van der Waals surface area contributed by atoms with Crippen molar-refractivity contribution in [3.8, 4) is 5.88 Å². The molecule has 0 radical (unpaired) electrons. The van der Waals surface area contributed by atoms with Gasteiger partial charge in [0.05, 0.1) is 19.0 Å². The maximum absolute atomic E-state index is 4.92. The molecule has 0 saturated carbocycles. The first kappa shape index (κ1) is 11.8. The molecule has 0 aromatic carbocycles. The lowest BCUT2D eigenvalue weighted by Crippen LogP contribution is -2.08. The molecule has 1 rings (SSSR count). The Bertz CT molecular complexity index is 219. The monoisotopic (exact) mass is 182 g/mol. The summed E-state index contributed by atoms with van der Waals surface area (Å²) in [6.45, 7) is 4.00. The number of nitrogens with zero attached hydrogens (tertiary/aromatic N) is 2. The van der Waals surface area contributed by atoms with Gasteiger partial charge in [-0.15, -0.1) is 0 Å². The van der Waals surface area contributed by atoms with Gasteiger partial charge in [0.1, 0.15) is 0 Å². The van der Waals surface area contributed by atoms with E-state index in [1.165, 1.54) is 0 Å². The van der Waals surface area contributed by atoms with Crippen LogP contribution in [0.1, 0.15) is 13.8 Å². The van der Waals surface area contributed by atoms with E-state index in [4.69, 9.17) is 4.74 Å². The second kappa shape index (κ2) is 6.29. The fourth-order valence-electron chi connectivity index (χ4n) is 0.758. The number of hydrogen-bond donors (Lipinski definition) is 0. The van der Waals surface area contributed by atoms with Crippen molar-refractivity contribution in [1.29, 1.82) is 0 Å². The largest absolute Gasteiger partial charge is 0.481 e. The van der Waals surface area contributed by atoms with Crippen molar-refractivity contribution in [3.63, 3.8) is 0 Å². The summed E-state index contributed by atoms with van der Waals surface area (Å²) in [4.78, 5) is 6.05. The molecule has 0 fully saturated rings. The predicted octanol–water partition coefficient (Wildman–Crippen LogP) is 2.18. The number of methoxy groups -OCH3 is 1. The van der Waals surface area contributed by atoms with Gasteiger partial charge in [0.25, 0.3) is 0 Å². The summed E-state index contributed by atoms with van der Waals surface area (Å²) in [5.41, 5.74) is 1.07. The Labute approximate surface area is 80.4 Å². The van der Waals surface area contributed by atoms with Crippen molar-refractivity contribution < 1.29 is 4.74 Å². The van der Waals surface area contributed by atoms with Crippen LogP contribution in [0.5, 0.6) is 5.88 Å². The van der Waals surface area contributed by atoms with Gasteiger partial charge in [0, 0.05) is 20.2 Å². The molecule has 0 saturated heterocycles. The van der Waals surface area contributed by atoms with E-state index in [1.54, 1.807) is 13.3 Å². The lowest BCUT2D eigenvalue weighted by atomic mass is 10.4. The summed E-state index contributed by atoms with van der Waals surface area (Å²) in [6.07, 6.45) is 1.78. The van der Waals surface area contributed by atoms with Crippen molar-refractivity contribution in [2.24, 2.45) is 0 Å². The average Bonchev–Trinajstić information content (AvgIpc) is 2.21. The minimum atomic E-state index is 0.649. The zero-order valence-corrected chi connectivity index (χ0v) is 9.03. The van der Waals surface area contributed by atoms with Gasteiger partial charge in [0.2, 0.25) is 5.88 Å². The third kappa shape index (κ3) is 3.78. The van der Waals surface area contributed by atoms with Crippen molar-refractivity contribution in [3.05, 3.63) is 18.3 Å². The van der Waals surface area contributed by atoms with Crippen LogP contribution in [-0.2, 0) is 0 Å². The summed E-state index contributed by atoms with van der Waals surface area (Å²) in [5.74, 6) is 0.649. The normalized spacial score (nSPS) is 8.38. The van der Waals surface area contributed by atoms with Gasteiger partial charge in [-0.1, -0.05) is 13.8 Å². The van der Waals surface area contributed by atoms with Crippen LogP contribution in [0.3, 0.4) is 0 Å². The van der Waals surface area contributed by atoms with Gasteiger partial charge in [-0.05, 0) is 6.07 Å². The third-order valence-electron chi connectivity index (χ3n) is 1.45. The van der Waals surface area contributed by atoms with Gasteiger partial charge in [-0.3, -0.25) is 0 Å². The van der Waals surface area contributed by atoms with E-state index >= 15 is 0 Å². The summed E-state index contributed by atoms with van der Waals surface area (Å²) < 4.78 is 4.92. The Morgan fingerprint density at radius 3 is 2.15 bits per heavy atom. The van der Waals surface area contributed by atoms with Crippen LogP contribution in [0.2, 0.25) is 0 Å². The van der Waals surface area contributed by atoms with Crippen molar-refractivity contribution in [2.45, 2.75) is 13.8 Å². The predicted molar refractivity (Wildman–Crippen MR) is 56.5 cm³/mol. The lowest BCUT2D eigenvalue weighted by molar-refractivity contribution is 0.398. The molecule has 0 unspecified atom stereocenters. The maximum atomic E-state index is 4.92. The first-order valence-electron chi connectivity index (χ1n) is 4.41. The summed E-state index contributed by atoms with van der Waals surface area (Å²) >= 11 is 0. The first-order valence-corrected chi connectivity index (χ1v) is 4.41. The zero-order valence-electron chi connectivity index (χ0n) is 9.03. The van der Waals surface area contributed by atoms with Crippen LogP contribution in [0, 0.1) is 0 Å². The molecule has 3 nitrogen and oxygen atoms in total. The molecule has 1 heterocycles. The van der Waals surface area contributed by atoms with Gasteiger partial charge < -0.3 is 9.64 Å². The van der Waals surface area contributed by atoms with Gasteiger partial charge in [-0.2, -0.15) is 0 Å². The first-order chi connectivity index (χ1) is 6.24. The Balaban J connectivity index is 0.000000671. The van der Waals surface area contributed by atoms with Crippen molar-refractivity contribution in [1.82, 2.24) is 4.98 Å². The van der Waals surface area contributed by atoms with E-state index in [2.05, 4.69) is 4.98 Å². The molecule has 13 heavy (non-hydrogen) atoms. The topological polar surface area (TPSA) is 25.4 Å². The molecule has 0 N–H and O–H groups in total. The van der Waals surface area contributed by atoms with Crippen LogP contribution in [0.4, 0.5) is 5.69 Å². The number of rotatable bonds is 2. The molecule has 0 aliphatic carbocycles. The van der Waals surface area contributed by atoms with E-state index in [1.807, 2.05) is 45.0 Å². The summed E-state index contributed by atoms with van der Waals surface area (Å²) in [5, 5.41) is 0. The highest BCUT2D eigenvalue weighted by Crippen LogP contribution is 2.12. The Kier molecular flexibility index (Phi) is 5.68. The third-order valence-corrected chi connectivity index (χ3v) is 1.45. The maximum Gasteiger partial charge on any atom is 0.213 e. The zero-order chi connectivity index (χ0) is 10.3. The SMILES string of the molecule is CC.COc1ccc(N(C)C)cn1. The second-order valence-corrected chi connectivity index (χ2v) is 2.45. The fraction of sp³-hybridized carbons (Fsp3) is 0.500. The molecule has 1 aromatic heterocycles. The van der Waals surface area contributed by atoms with E-state index in [-0.39, 0.29) is 0 Å². The van der Waals surface area contributed by atoms with E-state index in [0.717, 1.165) is 5.69 Å². The lowest BCUT2D eigenvalue weighted by Gasteiger charge is -2.11.